The first-order chi connectivity index (χ1) is 9.67. The van der Waals surface area contributed by atoms with Crippen molar-refractivity contribution in [1.29, 1.82) is 10.5 Å². The van der Waals surface area contributed by atoms with Crippen molar-refractivity contribution >= 4 is 11.9 Å². The van der Waals surface area contributed by atoms with E-state index in [2.05, 4.69) is 4.74 Å². The summed E-state index contributed by atoms with van der Waals surface area (Å²) in [4.78, 5) is 23.2. The van der Waals surface area contributed by atoms with Gasteiger partial charge in [-0.3, -0.25) is 0 Å². The van der Waals surface area contributed by atoms with Gasteiger partial charge in [0.2, 0.25) is 0 Å². The molecule has 0 spiro atoms. The largest absolute Gasteiger partial charge is 0.461 e. The van der Waals surface area contributed by atoms with Crippen molar-refractivity contribution in [2.75, 3.05) is 0 Å². The molecular weight excluding hydrogens is 260 g/mol. The van der Waals surface area contributed by atoms with Gasteiger partial charge in [-0.25, -0.2) is 9.59 Å². The van der Waals surface area contributed by atoms with Crippen LogP contribution in [0.4, 0.5) is 0 Å². The number of nitrogens with zero attached hydrogens (tertiary/aromatic N) is 2. The molecule has 1 aliphatic rings. The molecule has 3 rings (SSSR count). The van der Waals surface area contributed by atoms with Gasteiger partial charge < -0.3 is 9.15 Å². The van der Waals surface area contributed by atoms with Crippen LogP contribution < -0.4 is 0 Å². The Bertz CT molecular complexity index is 849. The van der Waals surface area contributed by atoms with E-state index in [1.54, 1.807) is 6.07 Å². The number of hydrogen-bond donors (Lipinski definition) is 0. The zero-order valence-electron chi connectivity index (χ0n) is 9.84. The maximum atomic E-state index is 11.7. The van der Waals surface area contributed by atoms with Crippen LogP contribution in [0.3, 0.4) is 0 Å². The van der Waals surface area contributed by atoms with Crippen LogP contribution in [-0.2, 0) is 4.74 Å². The van der Waals surface area contributed by atoms with Crippen molar-refractivity contribution in [2.24, 2.45) is 0 Å². The summed E-state index contributed by atoms with van der Waals surface area (Å²) < 4.78 is 9.74. The highest BCUT2D eigenvalue weighted by Crippen LogP contribution is 2.34. The van der Waals surface area contributed by atoms with Crippen molar-refractivity contribution in [3.05, 3.63) is 46.7 Å². The van der Waals surface area contributed by atoms with Gasteiger partial charge in [0.05, 0.1) is 11.1 Å². The minimum Gasteiger partial charge on any atom is -0.461 e. The number of ether oxygens (including phenoxy) is 1. The SMILES string of the molecule is N#Cc1coc(-c2cccc3c2C(=O)OC3=O)c1C#N. The maximum Gasteiger partial charge on any atom is 0.347 e. The second-order valence-electron chi connectivity index (χ2n) is 3.98. The molecule has 0 N–H and O–H groups in total. The van der Waals surface area contributed by atoms with Gasteiger partial charge in [-0.15, -0.1) is 0 Å². The molecule has 1 aromatic heterocycles. The van der Waals surface area contributed by atoms with Crippen LogP contribution >= 0.6 is 0 Å². The van der Waals surface area contributed by atoms with Gasteiger partial charge in [-0.2, -0.15) is 10.5 Å². The second kappa shape index (κ2) is 4.08. The average Bonchev–Trinajstić information content (AvgIpc) is 3.00. The van der Waals surface area contributed by atoms with Gasteiger partial charge in [0.15, 0.2) is 5.76 Å². The monoisotopic (exact) mass is 264 g/mol. The zero-order chi connectivity index (χ0) is 14.3. The molecular formula is C14H4N2O4. The van der Waals surface area contributed by atoms with Crippen LogP contribution in [-0.4, -0.2) is 11.9 Å². The number of cyclic esters (lactones) is 2. The van der Waals surface area contributed by atoms with Crippen LogP contribution in [0.5, 0.6) is 0 Å². The Morgan fingerprint density at radius 1 is 1.00 bits per heavy atom. The predicted molar refractivity (Wildman–Crippen MR) is 63.3 cm³/mol. The van der Waals surface area contributed by atoms with Crippen LogP contribution in [0, 0.1) is 22.7 Å². The summed E-state index contributed by atoms with van der Waals surface area (Å²) in [6.07, 6.45) is 1.13. The Hall–Kier alpha value is -3.38. The molecule has 6 heteroatoms. The molecule has 0 aliphatic carbocycles. The first-order valence-corrected chi connectivity index (χ1v) is 5.49. The molecule has 6 nitrogen and oxygen atoms in total. The van der Waals surface area contributed by atoms with Crippen LogP contribution in [0.15, 0.2) is 28.9 Å². The van der Waals surface area contributed by atoms with Crippen LogP contribution in [0.2, 0.25) is 0 Å². The fraction of sp³-hybridized carbons (Fsp3) is 0. The summed E-state index contributed by atoms with van der Waals surface area (Å²) in [5, 5.41) is 18.0. The van der Waals surface area contributed by atoms with Gasteiger partial charge in [-0.1, -0.05) is 12.1 Å². The smallest absolute Gasteiger partial charge is 0.347 e. The Morgan fingerprint density at radius 3 is 2.45 bits per heavy atom. The van der Waals surface area contributed by atoms with E-state index >= 15 is 0 Å². The van der Waals surface area contributed by atoms with E-state index in [1.807, 2.05) is 12.1 Å². The lowest BCUT2D eigenvalue weighted by molar-refractivity contribution is 0.0444. The molecule has 1 aliphatic heterocycles. The van der Waals surface area contributed by atoms with E-state index < -0.39 is 11.9 Å². The van der Waals surface area contributed by atoms with Crippen molar-refractivity contribution < 1.29 is 18.7 Å². The number of carbonyl (C=O) groups excluding carboxylic acids is 2. The fourth-order valence-corrected chi connectivity index (χ4v) is 2.07. The number of fused-ring (bicyclic) bond motifs is 1. The summed E-state index contributed by atoms with van der Waals surface area (Å²) in [7, 11) is 0. The molecule has 20 heavy (non-hydrogen) atoms. The van der Waals surface area contributed by atoms with E-state index in [0.717, 1.165) is 6.26 Å². The molecule has 0 saturated carbocycles. The van der Waals surface area contributed by atoms with E-state index in [0.29, 0.717) is 0 Å². The highest BCUT2D eigenvalue weighted by molar-refractivity contribution is 6.17. The van der Waals surface area contributed by atoms with E-state index in [9.17, 15) is 9.59 Å². The molecule has 0 saturated heterocycles. The molecule has 0 atom stereocenters. The lowest BCUT2D eigenvalue weighted by Crippen LogP contribution is -1.98. The van der Waals surface area contributed by atoms with E-state index in [4.69, 9.17) is 14.9 Å². The van der Waals surface area contributed by atoms with Gasteiger partial charge in [0, 0.05) is 5.56 Å². The number of rotatable bonds is 1. The first kappa shape index (κ1) is 11.7. The highest BCUT2D eigenvalue weighted by Gasteiger charge is 2.34. The summed E-state index contributed by atoms with van der Waals surface area (Å²) in [6, 6.07) is 8.21. The summed E-state index contributed by atoms with van der Waals surface area (Å²) in [5.41, 5.74) is 0.515. The predicted octanol–water partition coefficient (Wildman–Crippen LogP) is 2.00. The first-order valence-electron chi connectivity index (χ1n) is 5.49. The number of nitriles is 2. The standard InChI is InChI=1S/C14H4N2O4/c15-4-7-6-19-12(10(7)5-16)8-2-1-3-9-11(8)14(18)20-13(9)17/h1-3,6H. The molecule has 0 amide bonds. The minimum absolute atomic E-state index is 0.0213. The van der Waals surface area contributed by atoms with Gasteiger partial charge in [-0.05, 0) is 6.07 Å². The number of furan rings is 1. The Balaban J connectivity index is 2.32. The molecule has 0 bridgehead atoms. The average molecular weight is 264 g/mol. The molecule has 94 valence electrons. The molecule has 2 heterocycles. The molecule has 0 unspecified atom stereocenters. The second-order valence-corrected chi connectivity index (χ2v) is 3.98. The molecule has 2 aromatic rings. The third-order valence-electron chi connectivity index (χ3n) is 2.94. The molecule has 1 aromatic carbocycles. The van der Waals surface area contributed by atoms with Crippen molar-refractivity contribution in [3.8, 4) is 23.5 Å². The number of esters is 2. The highest BCUT2D eigenvalue weighted by atomic mass is 16.6. The normalized spacial score (nSPS) is 12.5. The Morgan fingerprint density at radius 2 is 1.75 bits per heavy atom. The molecule has 0 fully saturated rings. The Kier molecular flexibility index (Phi) is 2.38. The fourth-order valence-electron chi connectivity index (χ4n) is 2.07. The summed E-state index contributed by atoms with van der Waals surface area (Å²) in [6.45, 7) is 0. The van der Waals surface area contributed by atoms with E-state index in [-0.39, 0.29) is 33.6 Å². The number of carbonyl (C=O) groups is 2. The maximum absolute atomic E-state index is 11.7. The number of benzene rings is 1. The number of hydrogen-bond acceptors (Lipinski definition) is 6. The van der Waals surface area contributed by atoms with Gasteiger partial charge >= 0.3 is 11.9 Å². The van der Waals surface area contributed by atoms with Crippen molar-refractivity contribution in [2.45, 2.75) is 0 Å². The topological polar surface area (TPSA) is 104 Å². The lowest BCUT2D eigenvalue weighted by atomic mass is 9.98. The molecule has 0 radical (unpaired) electrons. The summed E-state index contributed by atoms with van der Waals surface area (Å²) >= 11 is 0. The zero-order valence-corrected chi connectivity index (χ0v) is 9.84. The van der Waals surface area contributed by atoms with Crippen molar-refractivity contribution in [1.82, 2.24) is 0 Å². The van der Waals surface area contributed by atoms with Crippen molar-refractivity contribution in [3.63, 3.8) is 0 Å². The Labute approximate surface area is 112 Å². The third kappa shape index (κ3) is 1.43. The minimum atomic E-state index is -0.792. The van der Waals surface area contributed by atoms with Crippen LogP contribution in [0.25, 0.3) is 11.3 Å². The van der Waals surface area contributed by atoms with Crippen LogP contribution in [0.1, 0.15) is 31.8 Å². The van der Waals surface area contributed by atoms with E-state index in [1.165, 1.54) is 12.1 Å². The summed E-state index contributed by atoms with van der Waals surface area (Å²) in [5.74, 6) is -1.45. The quantitative estimate of drug-likeness (QED) is 0.576. The lowest BCUT2D eigenvalue weighted by Gasteiger charge is -2.01. The third-order valence-corrected chi connectivity index (χ3v) is 2.94. The van der Waals surface area contributed by atoms with Gasteiger partial charge in [0.25, 0.3) is 0 Å². The van der Waals surface area contributed by atoms with Gasteiger partial charge in [0.1, 0.15) is 29.5 Å².